The van der Waals surface area contributed by atoms with Gasteiger partial charge in [-0.1, -0.05) is 43.5 Å². The molecule has 0 atom stereocenters. The quantitative estimate of drug-likeness (QED) is 0.214. The second kappa shape index (κ2) is 13.4. The molecule has 0 saturated heterocycles. The molecule has 0 spiro atoms. The first kappa shape index (κ1) is 32.4. The lowest BCUT2D eigenvalue weighted by Crippen LogP contribution is -2.42. The number of carboxylic acids is 1. The number of alkyl halides is 5. The van der Waals surface area contributed by atoms with Crippen LogP contribution < -0.4 is 15.5 Å². The average molecular weight is 618 g/mol. The second-order valence-electron chi connectivity index (χ2n) is 10.9. The Morgan fingerprint density at radius 2 is 1.52 bits per heavy atom. The Kier molecular flexibility index (Phi) is 9.91. The third-order valence-electron chi connectivity index (χ3n) is 7.52. The number of anilines is 2. The van der Waals surface area contributed by atoms with Crippen molar-refractivity contribution in [2.24, 2.45) is 0 Å². The molecule has 0 aromatic heterocycles. The van der Waals surface area contributed by atoms with Gasteiger partial charge in [0.25, 0.3) is 5.91 Å². The van der Waals surface area contributed by atoms with Gasteiger partial charge in [-0.05, 0) is 84.8 Å². The molecule has 3 aromatic carbocycles. The van der Waals surface area contributed by atoms with E-state index in [4.69, 9.17) is 5.11 Å². The lowest BCUT2D eigenvalue weighted by molar-refractivity contribution is -0.163. The largest absolute Gasteiger partial charge is 0.477 e. The summed E-state index contributed by atoms with van der Waals surface area (Å²) in [4.78, 5) is 37.8. The van der Waals surface area contributed by atoms with E-state index < -0.39 is 42.1 Å². The summed E-state index contributed by atoms with van der Waals surface area (Å²) in [6.07, 6.45) is 1.05. The Hall–Kier alpha value is -4.48. The highest BCUT2D eigenvalue weighted by molar-refractivity contribution is 6.02. The van der Waals surface area contributed by atoms with Gasteiger partial charge < -0.3 is 15.7 Å². The van der Waals surface area contributed by atoms with Gasteiger partial charge in [0, 0.05) is 16.9 Å². The molecule has 4 rings (SSSR count). The van der Waals surface area contributed by atoms with E-state index in [0.29, 0.717) is 22.7 Å². The average Bonchev–Trinajstić information content (AvgIpc) is 2.98. The van der Waals surface area contributed by atoms with Crippen LogP contribution in [0.15, 0.2) is 66.7 Å². The van der Waals surface area contributed by atoms with Gasteiger partial charge in [-0.25, -0.2) is 9.59 Å². The molecule has 1 aliphatic rings. The monoisotopic (exact) mass is 617 g/mol. The van der Waals surface area contributed by atoms with Crippen LogP contribution in [0, 0.1) is 6.92 Å². The molecule has 1 fully saturated rings. The highest BCUT2D eigenvalue weighted by atomic mass is 19.4. The number of carboxylic acid groups (broad SMARTS) is 1. The zero-order valence-corrected chi connectivity index (χ0v) is 23.9. The first-order chi connectivity index (χ1) is 20.7. The molecule has 7 nitrogen and oxygen atoms in total. The topological polar surface area (TPSA) is 98.7 Å². The molecule has 3 aromatic rings. The molecule has 1 aliphatic carbocycles. The van der Waals surface area contributed by atoms with Crippen LogP contribution in [0.3, 0.4) is 0 Å². The third kappa shape index (κ3) is 8.33. The number of rotatable bonds is 9. The van der Waals surface area contributed by atoms with E-state index in [-0.39, 0.29) is 17.8 Å². The molecular weight excluding hydrogens is 585 g/mol. The SMILES string of the molecule is Cc1cc(NC(=O)N(Cc2ccc(C(=O)NCC(F)(F)C(=O)O)cc2)c2ccc(C3CCCCC3)cc2)cc(C(F)(F)F)c1. The smallest absolute Gasteiger partial charge is 0.416 e. The normalized spacial score (nSPS) is 14.1. The van der Waals surface area contributed by atoms with Gasteiger partial charge in [0.1, 0.15) is 0 Å². The van der Waals surface area contributed by atoms with Crippen LogP contribution in [-0.4, -0.2) is 35.5 Å². The summed E-state index contributed by atoms with van der Waals surface area (Å²) in [5.41, 5.74) is 1.54. The van der Waals surface area contributed by atoms with Crippen LogP contribution in [0.25, 0.3) is 0 Å². The van der Waals surface area contributed by atoms with Crippen molar-refractivity contribution in [3.8, 4) is 0 Å². The molecule has 3 amide bonds. The van der Waals surface area contributed by atoms with E-state index in [1.54, 1.807) is 12.1 Å². The third-order valence-corrected chi connectivity index (χ3v) is 7.52. The Bertz CT molecular complexity index is 1490. The van der Waals surface area contributed by atoms with Crippen molar-refractivity contribution in [1.29, 1.82) is 0 Å². The Morgan fingerprint density at radius 3 is 2.11 bits per heavy atom. The van der Waals surface area contributed by atoms with Gasteiger partial charge >= 0.3 is 24.1 Å². The van der Waals surface area contributed by atoms with Gasteiger partial charge in [-0.3, -0.25) is 9.69 Å². The Balaban J connectivity index is 1.56. The maximum atomic E-state index is 13.5. The molecule has 234 valence electrons. The molecule has 0 aliphatic heterocycles. The van der Waals surface area contributed by atoms with Gasteiger partial charge in [0.2, 0.25) is 0 Å². The summed E-state index contributed by atoms with van der Waals surface area (Å²) in [7, 11) is 0. The fraction of sp³-hybridized carbons (Fsp3) is 0.344. The minimum absolute atomic E-state index is 0.0118. The molecule has 0 heterocycles. The summed E-state index contributed by atoms with van der Waals surface area (Å²) in [5.74, 6) is -6.99. The summed E-state index contributed by atoms with van der Waals surface area (Å²) < 4.78 is 66.9. The number of carbonyl (C=O) groups excluding carboxylic acids is 2. The van der Waals surface area contributed by atoms with Crippen LogP contribution in [0.1, 0.15) is 70.6 Å². The molecule has 44 heavy (non-hydrogen) atoms. The van der Waals surface area contributed by atoms with Crippen molar-refractivity contribution in [1.82, 2.24) is 5.32 Å². The second-order valence-corrected chi connectivity index (χ2v) is 10.9. The van der Waals surface area contributed by atoms with E-state index in [1.165, 1.54) is 48.6 Å². The molecule has 12 heteroatoms. The van der Waals surface area contributed by atoms with Crippen LogP contribution >= 0.6 is 0 Å². The van der Waals surface area contributed by atoms with Crippen molar-refractivity contribution in [3.05, 3.63) is 94.5 Å². The Morgan fingerprint density at radius 1 is 0.886 bits per heavy atom. The first-order valence-corrected chi connectivity index (χ1v) is 14.1. The van der Waals surface area contributed by atoms with E-state index in [9.17, 15) is 36.3 Å². The number of aliphatic carboxylic acids is 1. The summed E-state index contributed by atoms with van der Waals surface area (Å²) >= 11 is 0. The molecular formula is C32H32F5N3O4. The minimum Gasteiger partial charge on any atom is -0.477 e. The number of urea groups is 1. The lowest BCUT2D eigenvalue weighted by atomic mass is 9.84. The molecule has 0 bridgehead atoms. The van der Waals surface area contributed by atoms with E-state index in [2.05, 4.69) is 5.32 Å². The number of nitrogens with one attached hydrogen (secondary N) is 2. The predicted octanol–water partition coefficient (Wildman–Crippen LogP) is 7.75. The van der Waals surface area contributed by atoms with Gasteiger partial charge in [0.05, 0.1) is 18.7 Å². The Labute approximate surface area is 251 Å². The highest BCUT2D eigenvalue weighted by Gasteiger charge is 2.39. The number of aryl methyl sites for hydroxylation is 1. The van der Waals surface area contributed by atoms with Crippen LogP contribution in [-0.2, 0) is 17.5 Å². The maximum Gasteiger partial charge on any atom is 0.416 e. The highest BCUT2D eigenvalue weighted by Crippen LogP contribution is 2.34. The zero-order chi connectivity index (χ0) is 32.1. The first-order valence-electron chi connectivity index (χ1n) is 14.1. The fourth-order valence-corrected chi connectivity index (χ4v) is 5.17. The van der Waals surface area contributed by atoms with Crippen molar-refractivity contribution >= 4 is 29.3 Å². The minimum atomic E-state index is -4.60. The predicted molar refractivity (Wildman–Crippen MR) is 155 cm³/mol. The van der Waals surface area contributed by atoms with Crippen molar-refractivity contribution < 1.29 is 41.4 Å². The van der Waals surface area contributed by atoms with Crippen LogP contribution in [0.4, 0.5) is 38.1 Å². The summed E-state index contributed by atoms with van der Waals surface area (Å²) in [6, 6.07) is 15.7. The molecule has 0 radical (unpaired) electrons. The zero-order valence-electron chi connectivity index (χ0n) is 23.9. The van der Waals surface area contributed by atoms with Crippen molar-refractivity contribution in [2.75, 3.05) is 16.8 Å². The number of amides is 3. The number of hydrogen-bond donors (Lipinski definition) is 3. The number of halogens is 5. The fourth-order valence-electron chi connectivity index (χ4n) is 5.17. The molecule has 3 N–H and O–H groups in total. The van der Waals surface area contributed by atoms with Gasteiger partial charge in [0.15, 0.2) is 0 Å². The summed E-state index contributed by atoms with van der Waals surface area (Å²) in [6.45, 7) is 0.0709. The van der Waals surface area contributed by atoms with Crippen molar-refractivity contribution in [3.63, 3.8) is 0 Å². The lowest BCUT2D eigenvalue weighted by Gasteiger charge is -2.26. The standard InChI is InChI=1S/C32H32F5N3O4/c1-20-15-25(32(35,36)37)17-26(16-20)39-30(44)40(27-13-11-23(12-14-27)22-5-3-2-4-6-22)18-21-7-9-24(10-8-21)28(41)38-19-31(33,34)29(42)43/h7-17,22H,2-6,18-19H2,1H3,(H,38,41)(H,39,44)(H,42,43). The number of nitrogens with zero attached hydrogens (tertiary/aromatic N) is 1. The summed E-state index contributed by atoms with van der Waals surface area (Å²) in [5, 5.41) is 13.0. The number of hydrogen-bond acceptors (Lipinski definition) is 3. The number of benzene rings is 3. The molecule has 1 saturated carbocycles. The van der Waals surface area contributed by atoms with E-state index in [1.807, 2.05) is 17.4 Å². The van der Waals surface area contributed by atoms with E-state index in [0.717, 1.165) is 43.4 Å². The van der Waals surface area contributed by atoms with E-state index >= 15 is 0 Å². The van der Waals surface area contributed by atoms with Crippen LogP contribution in [0.5, 0.6) is 0 Å². The van der Waals surface area contributed by atoms with Gasteiger partial charge in [-0.2, -0.15) is 22.0 Å². The van der Waals surface area contributed by atoms with Crippen molar-refractivity contribution in [2.45, 2.75) is 63.6 Å². The molecule has 0 unspecified atom stereocenters. The van der Waals surface area contributed by atoms with Gasteiger partial charge in [-0.15, -0.1) is 0 Å². The van der Waals surface area contributed by atoms with Crippen LogP contribution in [0.2, 0.25) is 0 Å². The maximum absolute atomic E-state index is 13.5. The number of carbonyl (C=O) groups is 3.